The third-order valence-electron chi connectivity index (χ3n) is 4.98. The third kappa shape index (κ3) is 10.7. The maximum absolute atomic E-state index is 12.0. The van der Waals surface area contributed by atoms with E-state index in [-0.39, 0.29) is 36.1 Å². The molecule has 0 heterocycles. The van der Waals surface area contributed by atoms with Gasteiger partial charge in [0.1, 0.15) is 5.60 Å². The normalized spacial score (nSPS) is 17.0. The molecular formula is C20H41IN4O3. The molecule has 0 aromatic carbocycles. The number of aliphatic imine (C=N–C) groups is 1. The number of nitrogens with zero attached hydrogens (tertiary/aromatic N) is 1. The first-order valence-corrected chi connectivity index (χ1v) is 10.2. The van der Waals surface area contributed by atoms with Crippen molar-refractivity contribution >= 4 is 36.0 Å². The largest absolute Gasteiger partial charge is 0.444 e. The van der Waals surface area contributed by atoms with Crippen molar-refractivity contribution < 1.29 is 14.3 Å². The van der Waals surface area contributed by atoms with Gasteiger partial charge >= 0.3 is 6.09 Å². The molecule has 0 saturated heterocycles. The molecule has 28 heavy (non-hydrogen) atoms. The third-order valence-corrected chi connectivity index (χ3v) is 4.98. The van der Waals surface area contributed by atoms with Gasteiger partial charge in [0.15, 0.2) is 5.96 Å². The monoisotopic (exact) mass is 512 g/mol. The molecule has 166 valence electrons. The van der Waals surface area contributed by atoms with Crippen LogP contribution >= 0.6 is 24.0 Å². The van der Waals surface area contributed by atoms with E-state index in [1.807, 2.05) is 20.8 Å². The fraction of sp³-hybridized carbons (Fsp3) is 0.900. The molecular weight excluding hydrogens is 471 g/mol. The second kappa shape index (κ2) is 13.5. The van der Waals surface area contributed by atoms with E-state index in [1.165, 1.54) is 19.3 Å². The van der Waals surface area contributed by atoms with Crippen LogP contribution < -0.4 is 16.0 Å². The molecule has 1 amide bonds. The van der Waals surface area contributed by atoms with Gasteiger partial charge < -0.3 is 25.4 Å². The molecule has 0 bridgehead atoms. The zero-order valence-electron chi connectivity index (χ0n) is 18.5. The molecule has 0 aliphatic heterocycles. The zero-order chi connectivity index (χ0) is 20.3. The summed E-state index contributed by atoms with van der Waals surface area (Å²) in [6.45, 7) is 10.0. The van der Waals surface area contributed by atoms with Gasteiger partial charge in [-0.15, -0.1) is 24.0 Å². The van der Waals surface area contributed by atoms with Crippen LogP contribution in [0.25, 0.3) is 0 Å². The molecule has 1 aliphatic carbocycles. The van der Waals surface area contributed by atoms with Gasteiger partial charge in [0.25, 0.3) is 0 Å². The molecule has 7 nitrogen and oxygen atoms in total. The Kier molecular flexibility index (Phi) is 13.1. The van der Waals surface area contributed by atoms with E-state index in [9.17, 15) is 4.79 Å². The van der Waals surface area contributed by atoms with Gasteiger partial charge in [-0.1, -0.05) is 19.8 Å². The zero-order valence-corrected chi connectivity index (χ0v) is 20.9. The molecule has 8 heteroatoms. The smallest absolute Gasteiger partial charge is 0.407 e. The summed E-state index contributed by atoms with van der Waals surface area (Å²) in [6.07, 6.45) is 6.31. The molecule has 0 spiro atoms. The predicted octanol–water partition coefficient (Wildman–Crippen LogP) is 3.67. The number of nitrogens with one attached hydrogen (secondary N) is 3. The van der Waals surface area contributed by atoms with E-state index in [4.69, 9.17) is 9.47 Å². The predicted molar refractivity (Wildman–Crippen MR) is 126 cm³/mol. The molecule has 1 aliphatic rings. The molecule has 0 aromatic heterocycles. The number of carbonyl (C=O) groups excluding carboxylic acids is 1. The van der Waals surface area contributed by atoms with Gasteiger partial charge in [0.05, 0.1) is 0 Å². The van der Waals surface area contributed by atoms with Crippen LogP contribution in [-0.4, -0.2) is 57.5 Å². The van der Waals surface area contributed by atoms with E-state index in [2.05, 4.69) is 27.9 Å². The fourth-order valence-corrected chi connectivity index (χ4v) is 3.27. The minimum absolute atomic E-state index is 0. The topological polar surface area (TPSA) is 84.0 Å². The van der Waals surface area contributed by atoms with E-state index in [0.29, 0.717) is 12.0 Å². The van der Waals surface area contributed by atoms with Gasteiger partial charge in [0, 0.05) is 39.9 Å². The Morgan fingerprint density at radius 2 is 1.93 bits per heavy atom. The molecule has 1 rings (SSSR count). The Bertz CT molecular complexity index is 477. The summed E-state index contributed by atoms with van der Waals surface area (Å²) in [5.74, 6) is 0.769. The first-order chi connectivity index (χ1) is 12.7. The van der Waals surface area contributed by atoms with Crippen LogP contribution in [0.5, 0.6) is 0 Å². The lowest BCUT2D eigenvalue weighted by molar-refractivity contribution is 0.0502. The van der Waals surface area contributed by atoms with E-state index in [1.54, 1.807) is 14.2 Å². The number of hydrogen-bond donors (Lipinski definition) is 3. The standard InChI is InChI=1S/C20H40N4O3.HI/c1-7-9-16(24-18(25)27-19(2,3)4)14-22-17(21-5)23-15-20(10-8-11-20)12-13-26-6;/h16H,7-15H2,1-6H3,(H,24,25)(H2,21,22,23);1H. The second-order valence-electron chi connectivity index (χ2n) is 8.53. The highest BCUT2D eigenvalue weighted by molar-refractivity contribution is 14.0. The van der Waals surface area contributed by atoms with E-state index in [0.717, 1.165) is 38.4 Å². The van der Waals surface area contributed by atoms with Crippen molar-refractivity contribution in [1.29, 1.82) is 0 Å². The number of alkyl carbamates (subject to hydrolysis) is 1. The molecule has 1 atom stereocenters. The number of carbonyl (C=O) groups is 1. The highest BCUT2D eigenvalue weighted by Crippen LogP contribution is 2.43. The van der Waals surface area contributed by atoms with Crippen LogP contribution in [0.3, 0.4) is 0 Å². The van der Waals surface area contributed by atoms with Crippen LogP contribution in [-0.2, 0) is 9.47 Å². The van der Waals surface area contributed by atoms with Crippen LogP contribution in [0.15, 0.2) is 4.99 Å². The lowest BCUT2D eigenvalue weighted by atomic mass is 9.67. The maximum Gasteiger partial charge on any atom is 0.407 e. The van der Waals surface area contributed by atoms with Crippen LogP contribution in [0, 0.1) is 5.41 Å². The summed E-state index contributed by atoms with van der Waals surface area (Å²) in [7, 11) is 3.53. The average Bonchev–Trinajstić information content (AvgIpc) is 2.54. The minimum atomic E-state index is -0.495. The Morgan fingerprint density at radius 1 is 1.25 bits per heavy atom. The van der Waals surface area contributed by atoms with Gasteiger partial charge in [-0.2, -0.15) is 0 Å². The summed E-state index contributed by atoms with van der Waals surface area (Å²) in [5.41, 5.74) is -0.170. The number of ether oxygens (including phenoxy) is 2. The van der Waals surface area contributed by atoms with Crippen LogP contribution in [0.4, 0.5) is 4.79 Å². The van der Waals surface area contributed by atoms with Crippen molar-refractivity contribution in [3.05, 3.63) is 0 Å². The summed E-state index contributed by atoms with van der Waals surface area (Å²) in [5, 5.41) is 9.74. The summed E-state index contributed by atoms with van der Waals surface area (Å²) >= 11 is 0. The lowest BCUT2D eigenvalue weighted by Crippen LogP contribution is -2.50. The van der Waals surface area contributed by atoms with Crippen molar-refractivity contribution in [1.82, 2.24) is 16.0 Å². The highest BCUT2D eigenvalue weighted by atomic mass is 127. The lowest BCUT2D eigenvalue weighted by Gasteiger charge is -2.42. The Labute approximate surface area is 188 Å². The maximum atomic E-state index is 12.0. The van der Waals surface area contributed by atoms with Crippen molar-refractivity contribution in [3.63, 3.8) is 0 Å². The van der Waals surface area contributed by atoms with Crippen molar-refractivity contribution in [2.24, 2.45) is 10.4 Å². The first-order valence-electron chi connectivity index (χ1n) is 10.2. The van der Waals surface area contributed by atoms with Gasteiger partial charge in [-0.3, -0.25) is 4.99 Å². The second-order valence-corrected chi connectivity index (χ2v) is 8.53. The fourth-order valence-electron chi connectivity index (χ4n) is 3.27. The number of hydrogen-bond acceptors (Lipinski definition) is 4. The highest BCUT2D eigenvalue weighted by Gasteiger charge is 2.36. The van der Waals surface area contributed by atoms with Gasteiger partial charge in [-0.05, 0) is 51.9 Å². The summed E-state index contributed by atoms with van der Waals surface area (Å²) < 4.78 is 10.6. The van der Waals surface area contributed by atoms with Crippen molar-refractivity contribution in [2.45, 2.75) is 77.9 Å². The summed E-state index contributed by atoms with van der Waals surface area (Å²) in [6, 6.07) is -0.00504. The molecule has 1 fully saturated rings. The van der Waals surface area contributed by atoms with Crippen LogP contribution in [0.2, 0.25) is 0 Å². The number of halogens is 1. The molecule has 0 radical (unpaired) electrons. The minimum Gasteiger partial charge on any atom is -0.444 e. The average molecular weight is 512 g/mol. The van der Waals surface area contributed by atoms with Crippen LogP contribution in [0.1, 0.15) is 66.2 Å². The molecule has 3 N–H and O–H groups in total. The number of guanidine groups is 1. The Hall–Kier alpha value is -0.770. The molecule has 1 unspecified atom stereocenters. The van der Waals surface area contributed by atoms with Gasteiger partial charge in [0.2, 0.25) is 0 Å². The van der Waals surface area contributed by atoms with E-state index >= 15 is 0 Å². The molecule has 1 saturated carbocycles. The number of methoxy groups -OCH3 is 1. The van der Waals surface area contributed by atoms with E-state index < -0.39 is 5.60 Å². The first kappa shape index (κ1) is 27.2. The SMILES string of the molecule is CCCC(CNC(=NC)NCC1(CCOC)CCC1)NC(=O)OC(C)(C)C.I. The van der Waals surface area contributed by atoms with Crippen molar-refractivity contribution in [3.8, 4) is 0 Å². The quantitative estimate of drug-likeness (QED) is 0.236. The summed E-state index contributed by atoms with van der Waals surface area (Å²) in [4.78, 5) is 16.4. The van der Waals surface area contributed by atoms with Gasteiger partial charge in [-0.25, -0.2) is 4.79 Å². The number of rotatable bonds is 10. The Morgan fingerprint density at radius 3 is 2.39 bits per heavy atom. The molecule has 0 aromatic rings. The van der Waals surface area contributed by atoms with Crippen molar-refractivity contribution in [2.75, 3.05) is 33.9 Å². The number of amides is 1. The Balaban J connectivity index is 0.00000729.